The van der Waals surface area contributed by atoms with Gasteiger partial charge in [-0.25, -0.2) is 0 Å². The first-order chi connectivity index (χ1) is 8.13. The third-order valence-corrected chi connectivity index (χ3v) is 3.21. The van der Waals surface area contributed by atoms with Gasteiger partial charge in [0.1, 0.15) is 5.75 Å². The van der Waals surface area contributed by atoms with Crippen LogP contribution in [0.3, 0.4) is 0 Å². The maximum Gasteiger partial charge on any atom is 0.166 e. The average molecular weight is 234 g/mol. The van der Waals surface area contributed by atoms with Gasteiger partial charge in [-0.1, -0.05) is 0 Å². The number of nitrogens with two attached hydrogens (primary N) is 1. The molecule has 0 unspecified atom stereocenters. The third kappa shape index (κ3) is 2.82. The zero-order chi connectivity index (χ0) is 12.3. The summed E-state index contributed by atoms with van der Waals surface area (Å²) in [5.74, 6) is 0.694. The summed E-state index contributed by atoms with van der Waals surface area (Å²) in [7, 11) is 0. The summed E-state index contributed by atoms with van der Waals surface area (Å²) in [5, 5.41) is 0. The van der Waals surface area contributed by atoms with Gasteiger partial charge in [-0.2, -0.15) is 0 Å². The number of carbonyl (C=O) groups is 1. The zero-order valence-electron chi connectivity index (χ0n) is 10.1. The molecule has 0 aliphatic heterocycles. The summed E-state index contributed by atoms with van der Waals surface area (Å²) in [4.78, 5) is 16.0. The zero-order valence-corrected chi connectivity index (χ0v) is 10.1. The highest BCUT2D eigenvalue weighted by atomic mass is 16.5. The van der Waals surface area contributed by atoms with Crippen LogP contribution in [-0.2, 0) is 0 Å². The quantitative estimate of drug-likeness (QED) is 0.791. The molecular weight excluding hydrogens is 216 g/mol. The second-order valence-electron chi connectivity index (χ2n) is 4.66. The van der Waals surface area contributed by atoms with Crippen molar-refractivity contribution in [3.05, 3.63) is 24.0 Å². The molecule has 1 fully saturated rings. The molecule has 0 atom stereocenters. The molecule has 0 amide bonds. The lowest BCUT2D eigenvalue weighted by Gasteiger charge is -2.37. The van der Waals surface area contributed by atoms with Crippen LogP contribution in [0.25, 0.3) is 0 Å². The summed E-state index contributed by atoms with van der Waals surface area (Å²) in [6.07, 6.45) is 6.61. The van der Waals surface area contributed by atoms with E-state index >= 15 is 0 Å². The smallest absolute Gasteiger partial charge is 0.166 e. The molecule has 0 aromatic carbocycles. The largest absolute Gasteiger partial charge is 0.492 e. The molecule has 0 bridgehead atoms. The van der Waals surface area contributed by atoms with Crippen LogP contribution < -0.4 is 10.5 Å². The fourth-order valence-corrected chi connectivity index (χ4v) is 2.05. The summed E-state index contributed by atoms with van der Waals surface area (Å²) in [5.41, 5.74) is 6.38. The number of aromatic nitrogens is 1. The number of nitrogens with zero attached hydrogens (tertiary/aromatic N) is 1. The SMILES string of the molecule is CCOc1cncc(C(=O)CC2(N)CCC2)c1. The van der Waals surface area contributed by atoms with Gasteiger partial charge in [0, 0.05) is 23.7 Å². The molecule has 1 aromatic heterocycles. The van der Waals surface area contributed by atoms with Crippen LogP contribution in [0.1, 0.15) is 43.0 Å². The van der Waals surface area contributed by atoms with E-state index in [4.69, 9.17) is 10.5 Å². The Kier molecular flexibility index (Phi) is 3.43. The molecule has 17 heavy (non-hydrogen) atoms. The molecule has 1 heterocycles. The maximum atomic E-state index is 12.0. The van der Waals surface area contributed by atoms with Gasteiger partial charge in [0.2, 0.25) is 0 Å². The lowest BCUT2D eigenvalue weighted by molar-refractivity contribution is 0.0911. The van der Waals surface area contributed by atoms with E-state index in [1.165, 1.54) is 0 Å². The van der Waals surface area contributed by atoms with Crippen molar-refractivity contribution in [1.82, 2.24) is 4.98 Å². The number of ketones is 1. The molecule has 2 N–H and O–H groups in total. The first kappa shape index (κ1) is 12.0. The number of rotatable bonds is 5. The summed E-state index contributed by atoms with van der Waals surface area (Å²) >= 11 is 0. The van der Waals surface area contributed by atoms with Gasteiger partial charge in [-0.15, -0.1) is 0 Å². The van der Waals surface area contributed by atoms with E-state index in [-0.39, 0.29) is 11.3 Å². The van der Waals surface area contributed by atoms with E-state index in [0.29, 0.717) is 24.3 Å². The van der Waals surface area contributed by atoms with Crippen molar-refractivity contribution in [3.63, 3.8) is 0 Å². The Morgan fingerprint density at radius 2 is 2.29 bits per heavy atom. The van der Waals surface area contributed by atoms with E-state index < -0.39 is 0 Å². The Balaban J connectivity index is 2.05. The maximum absolute atomic E-state index is 12.0. The molecule has 92 valence electrons. The molecular formula is C13H18N2O2. The van der Waals surface area contributed by atoms with Crippen LogP contribution in [0.2, 0.25) is 0 Å². The normalized spacial score (nSPS) is 17.3. The van der Waals surface area contributed by atoms with Crippen LogP contribution in [0.15, 0.2) is 18.5 Å². The van der Waals surface area contributed by atoms with E-state index in [2.05, 4.69) is 4.98 Å². The monoisotopic (exact) mass is 234 g/mol. The predicted molar refractivity (Wildman–Crippen MR) is 65.1 cm³/mol. The van der Waals surface area contributed by atoms with Gasteiger partial charge in [-0.05, 0) is 32.3 Å². The van der Waals surface area contributed by atoms with Crippen LogP contribution >= 0.6 is 0 Å². The molecule has 4 nitrogen and oxygen atoms in total. The van der Waals surface area contributed by atoms with Crippen LogP contribution in [-0.4, -0.2) is 22.9 Å². The van der Waals surface area contributed by atoms with E-state index in [9.17, 15) is 4.79 Å². The number of hydrogen-bond acceptors (Lipinski definition) is 4. The van der Waals surface area contributed by atoms with Crippen molar-refractivity contribution < 1.29 is 9.53 Å². The highest BCUT2D eigenvalue weighted by Gasteiger charge is 2.34. The highest BCUT2D eigenvalue weighted by molar-refractivity contribution is 5.96. The van der Waals surface area contributed by atoms with Crippen molar-refractivity contribution in [1.29, 1.82) is 0 Å². The predicted octanol–water partition coefficient (Wildman–Crippen LogP) is 1.93. The highest BCUT2D eigenvalue weighted by Crippen LogP contribution is 2.33. The minimum absolute atomic E-state index is 0.0567. The fourth-order valence-electron chi connectivity index (χ4n) is 2.05. The summed E-state index contributed by atoms with van der Waals surface area (Å²) < 4.78 is 5.32. The van der Waals surface area contributed by atoms with Crippen LogP contribution in [0.5, 0.6) is 5.75 Å². The molecule has 0 saturated heterocycles. The van der Waals surface area contributed by atoms with Crippen LogP contribution in [0, 0.1) is 0 Å². The standard InChI is InChI=1S/C13H18N2O2/c1-2-17-11-6-10(8-15-9-11)12(16)7-13(14)4-3-5-13/h6,8-9H,2-5,7,14H2,1H3. The topological polar surface area (TPSA) is 65.2 Å². The van der Waals surface area contributed by atoms with Gasteiger partial charge in [0.05, 0.1) is 12.8 Å². The Bertz CT molecular complexity index is 414. The Labute approximate surface area is 101 Å². The second kappa shape index (κ2) is 4.84. The van der Waals surface area contributed by atoms with E-state index in [0.717, 1.165) is 19.3 Å². The number of hydrogen-bond donors (Lipinski definition) is 1. The van der Waals surface area contributed by atoms with E-state index in [1.807, 2.05) is 6.92 Å². The first-order valence-electron chi connectivity index (χ1n) is 6.03. The number of pyridine rings is 1. The van der Waals surface area contributed by atoms with Crippen molar-refractivity contribution in [2.75, 3.05) is 6.61 Å². The number of carbonyl (C=O) groups excluding carboxylic acids is 1. The lowest BCUT2D eigenvalue weighted by atomic mass is 9.74. The lowest BCUT2D eigenvalue weighted by Crippen LogP contribution is -2.48. The Hall–Kier alpha value is -1.42. The molecule has 0 spiro atoms. The van der Waals surface area contributed by atoms with Crippen LogP contribution in [0.4, 0.5) is 0 Å². The molecule has 0 radical (unpaired) electrons. The van der Waals surface area contributed by atoms with Crippen molar-refractivity contribution in [2.24, 2.45) is 5.73 Å². The minimum atomic E-state index is -0.279. The third-order valence-electron chi connectivity index (χ3n) is 3.21. The first-order valence-corrected chi connectivity index (χ1v) is 6.03. The molecule has 2 rings (SSSR count). The molecule has 1 aromatic rings. The average Bonchev–Trinajstić information content (AvgIpc) is 2.28. The second-order valence-corrected chi connectivity index (χ2v) is 4.66. The van der Waals surface area contributed by atoms with Crippen molar-refractivity contribution >= 4 is 5.78 Å². The van der Waals surface area contributed by atoms with Gasteiger partial charge < -0.3 is 10.5 Å². The molecule has 1 aliphatic carbocycles. The molecule has 1 aliphatic rings. The minimum Gasteiger partial charge on any atom is -0.492 e. The summed E-state index contributed by atoms with van der Waals surface area (Å²) in [6.45, 7) is 2.47. The van der Waals surface area contributed by atoms with Crippen molar-refractivity contribution in [2.45, 2.75) is 38.1 Å². The van der Waals surface area contributed by atoms with Gasteiger partial charge in [-0.3, -0.25) is 9.78 Å². The van der Waals surface area contributed by atoms with Gasteiger partial charge in [0.15, 0.2) is 5.78 Å². The number of ether oxygens (including phenoxy) is 1. The Morgan fingerprint density at radius 3 is 2.88 bits per heavy atom. The van der Waals surface area contributed by atoms with E-state index in [1.54, 1.807) is 18.5 Å². The summed E-state index contributed by atoms with van der Waals surface area (Å²) in [6, 6.07) is 1.74. The Morgan fingerprint density at radius 1 is 1.53 bits per heavy atom. The fraction of sp³-hybridized carbons (Fsp3) is 0.538. The molecule has 1 saturated carbocycles. The molecule has 4 heteroatoms. The van der Waals surface area contributed by atoms with Gasteiger partial charge >= 0.3 is 0 Å². The van der Waals surface area contributed by atoms with Gasteiger partial charge in [0.25, 0.3) is 0 Å². The van der Waals surface area contributed by atoms with Crippen molar-refractivity contribution in [3.8, 4) is 5.75 Å². The number of Topliss-reactive ketones (excluding diaryl/α,β-unsaturated/α-hetero) is 1.